The first-order valence-electron chi connectivity index (χ1n) is 8.98. The third kappa shape index (κ3) is 3.82. The summed E-state index contributed by atoms with van der Waals surface area (Å²) in [5.41, 5.74) is -0.194. The minimum Gasteiger partial charge on any atom is -0.347 e. The number of nitrogens with zero attached hydrogens (tertiary/aromatic N) is 4. The summed E-state index contributed by atoms with van der Waals surface area (Å²) in [5, 5.41) is 2.82. The van der Waals surface area contributed by atoms with Crippen LogP contribution in [0, 0.1) is 11.7 Å². The number of hydrogen-bond acceptors (Lipinski definition) is 4. The highest BCUT2D eigenvalue weighted by atomic mass is 35.5. The number of hydrogen-bond donors (Lipinski definition) is 1. The number of benzene rings is 1. The first kappa shape index (κ1) is 20.8. The largest absolute Gasteiger partial charge is 0.347 e. The lowest BCUT2D eigenvalue weighted by Gasteiger charge is -2.23. The average molecular weight is 422 g/mol. The first-order chi connectivity index (χ1) is 13.6. The fraction of sp³-hybridized carbons (Fsp3) is 0.368. The number of nitrogens with one attached hydrogen (secondary N) is 1. The Morgan fingerprint density at radius 1 is 1.17 bits per heavy atom. The highest BCUT2D eigenvalue weighted by Crippen LogP contribution is 2.22. The second kappa shape index (κ2) is 7.82. The van der Waals surface area contributed by atoms with Gasteiger partial charge in [-0.15, -0.1) is 0 Å². The molecule has 8 nitrogen and oxygen atoms in total. The van der Waals surface area contributed by atoms with Crippen LogP contribution in [0.2, 0.25) is 5.28 Å². The summed E-state index contributed by atoms with van der Waals surface area (Å²) in [6.45, 7) is 3.60. The molecule has 1 unspecified atom stereocenters. The lowest BCUT2D eigenvalue weighted by molar-refractivity contribution is -0.122. The number of aryl methyl sites for hydroxylation is 1. The molecule has 3 aromatic rings. The summed E-state index contributed by atoms with van der Waals surface area (Å²) in [4.78, 5) is 41.4. The topological polar surface area (TPSA) is 90.9 Å². The number of carbonyl (C=O) groups excluding carboxylic acids is 1. The standard InChI is InChI=1S/C19H21ClFN5O3/c1-10(2)14(11-5-7-12(21)8-6-11)22-13(27)9-26-15-16(23-18(26)20)24(3)19(29)25(4)17(15)28/h5-8,10,14H,9H2,1-4H3,(H,22,27). The van der Waals surface area contributed by atoms with Crippen molar-refractivity contribution in [3.8, 4) is 0 Å². The second-order valence-corrected chi connectivity index (χ2v) is 7.52. The Bertz CT molecular complexity index is 1190. The van der Waals surface area contributed by atoms with Gasteiger partial charge in [0.1, 0.15) is 12.4 Å². The Labute approximate surface area is 170 Å². The molecule has 1 amide bonds. The van der Waals surface area contributed by atoms with Crippen LogP contribution >= 0.6 is 11.6 Å². The van der Waals surface area contributed by atoms with Crippen molar-refractivity contribution in [2.75, 3.05) is 0 Å². The molecule has 1 N–H and O–H groups in total. The Balaban J connectivity index is 1.95. The predicted molar refractivity (Wildman–Crippen MR) is 107 cm³/mol. The molecule has 29 heavy (non-hydrogen) atoms. The van der Waals surface area contributed by atoms with Crippen LogP contribution in [0.5, 0.6) is 0 Å². The summed E-state index contributed by atoms with van der Waals surface area (Å²) in [7, 11) is 2.82. The van der Waals surface area contributed by atoms with E-state index in [0.717, 1.165) is 10.1 Å². The van der Waals surface area contributed by atoms with Gasteiger partial charge >= 0.3 is 5.69 Å². The van der Waals surface area contributed by atoms with Gasteiger partial charge in [0.25, 0.3) is 5.56 Å². The minimum atomic E-state index is -0.589. The predicted octanol–water partition coefficient (Wildman–Crippen LogP) is 1.74. The lowest BCUT2D eigenvalue weighted by Crippen LogP contribution is -2.38. The third-order valence-corrected chi connectivity index (χ3v) is 5.10. The van der Waals surface area contributed by atoms with E-state index < -0.39 is 17.2 Å². The van der Waals surface area contributed by atoms with Crippen LogP contribution in [0.4, 0.5) is 4.39 Å². The van der Waals surface area contributed by atoms with Crippen LogP contribution in [0.1, 0.15) is 25.5 Å². The van der Waals surface area contributed by atoms with E-state index in [0.29, 0.717) is 0 Å². The second-order valence-electron chi connectivity index (χ2n) is 7.19. The number of carbonyl (C=O) groups is 1. The number of halogens is 2. The number of rotatable bonds is 5. The van der Waals surface area contributed by atoms with E-state index in [4.69, 9.17) is 11.6 Å². The zero-order valence-electron chi connectivity index (χ0n) is 16.4. The molecule has 0 bridgehead atoms. The fourth-order valence-corrected chi connectivity index (χ4v) is 3.46. The Kier molecular flexibility index (Phi) is 5.61. The van der Waals surface area contributed by atoms with Gasteiger partial charge in [-0.25, -0.2) is 9.18 Å². The molecule has 0 radical (unpaired) electrons. The molecule has 3 rings (SSSR count). The minimum absolute atomic E-state index is 0.0353. The number of amides is 1. The van der Waals surface area contributed by atoms with E-state index >= 15 is 0 Å². The normalized spacial score (nSPS) is 12.5. The Morgan fingerprint density at radius 2 is 1.79 bits per heavy atom. The smallest absolute Gasteiger partial charge is 0.332 e. The molecule has 0 aliphatic carbocycles. The highest BCUT2D eigenvalue weighted by molar-refractivity contribution is 6.29. The van der Waals surface area contributed by atoms with Crippen LogP contribution in [0.15, 0.2) is 33.9 Å². The Hall–Kier alpha value is -2.94. The molecule has 1 aromatic carbocycles. The fourth-order valence-electron chi connectivity index (χ4n) is 3.23. The van der Waals surface area contributed by atoms with Gasteiger partial charge in [-0.1, -0.05) is 26.0 Å². The van der Waals surface area contributed by atoms with E-state index in [-0.39, 0.29) is 40.8 Å². The van der Waals surface area contributed by atoms with Crippen LogP contribution in [-0.2, 0) is 25.4 Å². The van der Waals surface area contributed by atoms with Gasteiger partial charge < -0.3 is 5.32 Å². The van der Waals surface area contributed by atoms with E-state index in [2.05, 4.69) is 10.3 Å². The van der Waals surface area contributed by atoms with Crippen molar-refractivity contribution >= 4 is 28.7 Å². The van der Waals surface area contributed by atoms with Crippen molar-refractivity contribution in [2.45, 2.75) is 26.4 Å². The van der Waals surface area contributed by atoms with Crippen molar-refractivity contribution in [3.05, 3.63) is 61.8 Å². The molecular formula is C19H21ClFN5O3. The quantitative estimate of drug-likeness (QED) is 0.635. The lowest BCUT2D eigenvalue weighted by atomic mass is 9.96. The Morgan fingerprint density at radius 3 is 2.38 bits per heavy atom. The van der Waals surface area contributed by atoms with E-state index in [9.17, 15) is 18.8 Å². The SMILES string of the molecule is CC(C)C(NC(=O)Cn1c(Cl)nc2c1c(=O)n(C)c(=O)n2C)c1ccc(F)cc1. The number of fused-ring (bicyclic) bond motifs is 1. The molecule has 0 fully saturated rings. The van der Waals surface area contributed by atoms with Crippen LogP contribution in [0.25, 0.3) is 11.2 Å². The monoisotopic (exact) mass is 421 g/mol. The van der Waals surface area contributed by atoms with Gasteiger partial charge in [-0.2, -0.15) is 4.98 Å². The summed E-state index contributed by atoms with van der Waals surface area (Å²) in [6.07, 6.45) is 0. The van der Waals surface area contributed by atoms with Crippen molar-refractivity contribution in [3.63, 3.8) is 0 Å². The van der Waals surface area contributed by atoms with Crippen molar-refractivity contribution in [2.24, 2.45) is 20.0 Å². The molecule has 0 aliphatic rings. The molecule has 0 spiro atoms. The third-order valence-electron chi connectivity index (χ3n) is 4.82. The van der Waals surface area contributed by atoms with Gasteiger partial charge in [-0.05, 0) is 35.2 Å². The zero-order chi connectivity index (χ0) is 21.5. The van der Waals surface area contributed by atoms with Crippen molar-refractivity contribution in [1.82, 2.24) is 24.0 Å². The zero-order valence-corrected chi connectivity index (χ0v) is 17.2. The molecule has 1 atom stereocenters. The maximum atomic E-state index is 13.2. The van der Waals surface area contributed by atoms with Crippen LogP contribution < -0.4 is 16.6 Å². The van der Waals surface area contributed by atoms with Gasteiger partial charge in [0, 0.05) is 14.1 Å². The molecule has 0 saturated carbocycles. The van der Waals surface area contributed by atoms with Crippen molar-refractivity contribution < 1.29 is 9.18 Å². The van der Waals surface area contributed by atoms with Gasteiger partial charge in [-0.3, -0.25) is 23.3 Å². The molecule has 0 saturated heterocycles. The molecule has 2 heterocycles. The highest BCUT2D eigenvalue weighted by Gasteiger charge is 2.22. The summed E-state index contributed by atoms with van der Waals surface area (Å²) in [5.74, 6) is -0.723. The maximum Gasteiger partial charge on any atom is 0.332 e. The maximum absolute atomic E-state index is 13.2. The molecule has 2 aromatic heterocycles. The average Bonchev–Trinajstić information content (AvgIpc) is 3.00. The van der Waals surface area contributed by atoms with Gasteiger partial charge in [0.2, 0.25) is 11.2 Å². The number of aromatic nitrogens is 4. The van der Waals surface area contributed by atoms with Crippen molar-refractivity contribution in [1.29, 1.82) is 0 Å². The molecule has 10 heteroatoms. The van der Waals surface area contributed by atoms with Crippen LogP contribution in [0.3, 0.4) is 0 Å². The number of imidazole rings is 1. The van der Waals surface area contributed by atoms with Crippen LogP contribution in [-0.4, -0.2) is 24.6 Å². The molecule has 154 valence electrons. The van der Waals surface area contributed by atoms with E-state index in [1.54, 1.807) is 12.1 Å². The van der Waals surface area contributed by atoms with Gasteiger partial charge in [0.15, 0.2) is 11.2 Å². The summed E-state index contributed by atoms with van der Waals surface area (Å²) < 4.78 is 16.6. The van der Waals surface area contributed by atoms with E-state index in [1.807, 2.05) is 13.8 Å². The van der Waals surface area contributed by atoms with Gasteiger partial charge in [0.05, 0.1) is 6.04 Å². The van der Waals surface area contributed by atoms with E-state index in [1.165, 1.54) is 35.4 Å². The molecule has 0 aliphatic heterocycles. The summed E-state index contributed by atoms with van der Waals surface area (Å²) in [6, 6.07) is 5.54. The first-order valence-corrected chi connectivity index (χ1v) is 9.36. The summed E-state index contributed by atoms with van der Waals surface area (Å²) >= 11 is 6.16. The molecular weight excluding hydrogens is 401 g/mol.